The summed E-state index contributed by atoms with van der Waals surface area (Å²) < 4.78 is 36.1. The molecular weight excluding hydrogens is 1890 g/mol. The van der Waals surface area contributed by atoms with E-state index in [0.29, 0.717) is 38.2 Å². The number of Topliss-reactive ketones (excluding diaryl/α,β-unsaturated/α-hetero) is 5. The molecule has 3 saturated heterocycles. The van der Waals surface area contributed by atoms with Crippen molar-refractivity contribution in [3.05, 3.63) is 111 Å². The van der Waals surface area contributed by atoms with Gasteiger partial charge in [0.05, 0.1) is 45.6 Å². The lowest BCUT2D eigenvalue weighted by Gasteiger charge is -2.38. The maximum Gasteiger partial charge on any atom is 0.410 e. The Morgan fingerprint density at radius 2 is 0.854 bits per heavy atom. The zero-order valence-corrected chi connectivity index (χ0v) is 83.0. The number of amides is 5. The fourth-order valence-electron chi connectivity index (χ4n) is 12.3. The summed E-state index contributed by atoms with van der Waals surface area (Å²) in [5.41, 5.74) is 25.6. The van der Waals surface area contributed by atoms with E-state index in [1.165, 1.54) is 88.7 Å². The lowest BCUT2D eigenvalue weighted by atomic mass is 9.85. The number of ether oxygens (including phenoxy) is 5. The van der Waals surface area contributed by atoms with Crippen LogP contribution in [0.25, 0.3) is 22.8 Å². The summed E-state index contributed by atoms with van der Waals surface area (Å²) in [4.78, 5) is 173. The van der Waals surface area contributed by atoms with Crippen LogP contribution in [0.3, 0.4) is 0 Å². The Kier molecular flexibility index (Phi) is 48.4. The van der Waals surface area contributed by atoms with E-state index in [0.717, 1.165) is 58.1 Å². The smallest absolute Gasteiger partial charge is 0.410 e. The normalized spacial score (nSPS) is 18.0. The fourth-order valence-corrected chi connectivity index (χ4v) is 15.7. The van der Waals surface area contributed by atoms with E-state index < -0.39 is 78.5 Å². The number of likely N-dealkylation sites (tertiary alicyclic amines) is 3. The first-order chi connectivity index (χ1) is 59.7. The van der Waals surface area contributed by atoms with Crippen LogP contribution in [0.2, 0.25) is 0 Å². The average molecular weight is 2010 g/mol. The molecule has 0 aliphatic carbocycles. The minimum Gasteiger partial charge on any atom is -0.476 e. The molecule has 47 heteroatoms. The topological polar surface area (TPSA) is 507 Å². The molecule has 130 heavy (non-hydrogen) atoms. The van der Waals surface area contributed by atoms with Gasteiger partial charge in [-0.15, -0.1) is 68.0 Å². The molecule has 13 heterocycles. The van der Waals surface area contributed by atoms with Gasteiger partial charge in [0.15, 0.2) is 17.3 Å². The van der Waals surface area contributed by atoms with E-state index in [1.54, 1.807) is 121 Å². The number of nitrogens with zero attached hydrogens (tertiary/aromatic N) is 13. The standard InChI is InChI=1S/2C15H20N4O2S.2C15H20N2O4S.C11H19NO3.C4H2ClNOS.C4H3NO2S.C2H6O.2CH4.Cl2OS.H2N2.H2/c1-9-5-11-10(6-19(9)14(20)21-15(2,3)4)13(18-17-11)12-7-22-8-16-12;1-9-12-10(17-18-13(12)11-7-22-8-16-11)5-6-19(9)14(20)21-15(2,3)4;1-9-5-12(18)10(13(19)11-7-22-8-16-11)6-17(9)14(20)21-15(2,3)4;1-9-12(13(19)10-7-22-8-16-10)11(18)5-6-17(9)14(20)21-15(2,3)4;1-8-7-9(13)5-6-12(8)10(14)15-11(2,3)4;5-4(7)3-1-8-2-6-3;6-4(7)3-1-8-2-5-3;1-2-3;;;1-4(2)3;1-2;/h2*7-9H,5-6H2,1-4H3,(H,17,18);7-10H,5-6H2,1-4H3;7-9,12H,5-6H2,1-4H3;8H,5-7H2,1-4H3;1-2H;1-2H,(H,6,7);3H,2H2,1H3;2*1H4;;1-2H;1H. The Hall–Kier alpha value is -9.38. The number of fused-ring (bicyclic) bond motifs is 2. The number of ketones is 5. The molecule has 7 atom stereocenters. The summed E-state index contributed by atoms with van der Waals surface area (Å²) in [5, 5.41) is 40.5. The first-order valence-electron chi connectivity index (χ1n) is 39.8. The molecule has 13 rings (SSSR count). The number of rotatable bonds is 8. The molecule has 0 saturated carbocycles. The van der Waals surface area contributed by atoms with E-state index in [1.807, 2.05) is 93.8 Å². The number of aromatic carboxylic acids is 1. The Morgan fingerprint density at radius 1 is 0.492 bits per heavy atom. The molecule has 5 aliphatic heterocycles. The van der Waals surface area contributed by atoms with Crippen molar-refractivity contribution in [2.45, 2.75) is 264 Å². The van der Waals surface area contributed by atoms with Crippen LogP contribution >= 0.6 is 101 Å². The molecule has 5 aliphatic rings. The quantitative estimate of drug-likeness (QED) is 0.0270. The maximum atomic E-state index is 12.5. The third kappa shape index (κ3) is 38.4. The number of piperidine rings is 3. The van der Waals surface area contributed by atoms with Crippen LogP contribution in [-0.4, -0.2) is 245 Å². The molecule has 0 radical (unpaired) electrons. The summed E-state index contributed by atoms with van der Waals surface area (Å²) in [6.07, 6.45) is 0.816. The van der Waals surface area contributed by atoms with Gasteiger partial charge in [-0.05, 0) is 157 Å². The second-order valence-corrected chi connectivity index (χ2v) is 40.8. The van der Waals surface area contributed by atoms with Gasteiger partial charge in [0.1, 0.15) is 97.0 Å². The van der Waals surface area contributed by atoms with Gasteiger partial charge in [0, 0.05) is 173 Å². The van der Waals surface area contributed by atoms with Crippen LogP contribution in [0.5, 0.6) is 0 Å². The van der Waals surface area contributed by atoms with Crippen molar-refractivity contribution in [3.63, 3.8) is 0 Å². The van der Waals surface area contributed by atoms with Gasteiger partial charge >= 0.3 is 36.4 Å². The lowest BCUT2D eigenvalue weighted by Crippen LogP contribution is -2.54. The van der Waals surface area contributed by atoms with Crippen molar-refractivity contribution in [1.82, 2.24) is 74.8 Å². The van der Waals surface area contributed by atoms with Crippen molar-refractivity contribution in [2.75, 3.05) is 32.8 Å². The number of thiazole rings is 6. The number of carboxylic acid groups (broad SMARTS) is 1. The van der Waals surface area contributed by atoms with Gasteiger partial charge in [0.25, 0.3) is 5.24 Å². The van der Waals surface area contributed by atoms with E-state index in [9.17, 15) is 57.5 Å². The van der Waals surface area contributed by atoms with Crippen molar-refractivity contribution in [1.29, 1.82) is 11.1 Å². The predicted octanol–water partition coefficient (Wildman–Crippen LogP) is 19.2. The molecule has 6 N–H and O–H groups in total. The summed E-state index contributed by atoms with van der Waals surface area (Å²) in [7, 11) is 7.36. The molecule has 0 spiro atoms. The van der Waals surface area contributed by atoms with Gasteiger partial charge in [-0.1, -0.05) is 14.9 Å². The number of aromatic nitrogens is 10. The van der Waals surface area contributed by atoms with Crippen LogP contribution in [0.4, 0.5) is 24.0 Å². The number of carbonyl (C=O) groups excluding carboxylic acids is 11. The maximum absolute atomic E-state index is 12.5. The Morgan fingerprint density at radius 3 is 1.26 bits per heavy atom. The highest BCUT2D eigenvalue weighted by Gasteiger charge is 2.45. The zero-order valence-electron chi connectivity index (χ0n) is 75.0. The van der Waals surface area contributed by atoms with E-state index in [2.05, 4.69) is 71.7 Å². The number of H-pyrrole nitrogens is 2. The van der Waals surface area contributed by atoms with Gasteiger partial charge in [0.2, 0.25) is 9.23 Å². The van der Waals surface area contributed by atoms with Crippen molar-refractivity contribution in [3.8, 4) is 22.8 Å². The van der Waals surface area contributed by atoms with Gasteiger partial charge in [-0.25, -0.2) is 73.9 Å². The van der Waals surface area contributed by atoms with E-state index >= 15 is 0 Å². The molecule has 8 aromatic heterocycles. The Balaban J connectivity index is 0.000000766. The third-order valence-corrected chi connectivity index (χ3v) is 21.5. The first kappa shape index (κ1) is 117. The molecule has 37 nitrogen and oxygen atoms in total. The number of aliphatic hydroxyl groups excluding tert-OH is 1. The largest absolute Gasteiger partial charge is 0.476 e. The van der Waals surface area contributed by atoms with E-state index in [-0.39, 0.29) is 137 Å². The SMILES string of the molecule is C.C.CC1C(C(=O)c2cscn2)C(=O)CCN1C(=O)OC(C)(C)C.CC1CC(=O)C(C(=O)c2cscn2)CN1C(=O)OC(C)(C)C.CC1CC(=O)CCN1C(=O)OC(C)(C)C.CC1Cc2[nH]nc(-c3cscn3)c2CN1C(=O)OC(C)(C)C.CC1c2c(-c3cscn3)n[nH]c2CCN1C(=O)OC(C)(C)C.CCO.N=N.O=C(Cl)c1cscn1.O=C(O)c1cscn1.O=S(Cl)Cl.[HH]. The van der Waals surface area contributed by atoms with Crippen LogP contribution < -0.4 is 0 Å². The number of carbonyl (C=O) groups is 12. The number of aliphatic hydroxyl groups is 1. The Bertz CT molecular complexity index is 4820. The lowest BCUT2D eigenvalue weighted by molar-refractivity contribution is -0.127. The molecule has 5 amide bonds. The summed E-state index contributed by atoms with van der Waals surface area (Å²) in [5.74, 6) is -3.42. The van der Waals surface area contributed by atoms with Crippen molar-refractivity contribution >= 4 is 181 Å². The minimum atomic E-state index is -1.67. The minimum absolute atomic E-state index is 0. The number of aromatic amines is 2. The molecule has 3 fully saturated rings. The van der Waals surface area contributed by atoms with Gasteiger partial charge in [-0.2, -0.15) is 10.2 Å². The predicted molar refractivity (Wildman–Crippen MR) is 505 cm³/mol. The molecular formula is C83H122Cl3N17O20S7. The van der Waals surface area contributed by atoms with Gasteiger partial charge in [-0.3, -0.25) is 39.0 Å². The highest BCUT2D eigenvalue weighted by atomic mass is 36.0. The Labute approximate surface area is 799 Å². The second kappa shape index (κ2) is 54.0. The number of carboxylic acids is 1. The highest BCUT2D eigenvalue weighted by molar-refractivity contribution is 8.26. The molecule has 8 aromatic rings. The average Bonchev–Trinajstić information content (AvgIpc) is 1.65. The van der Waals surface area contributed by atoms with Crippen LogP contribution in [0.1, 0.15) is 258 Å². The number of hydrogen-bond acceptors (Lipinski definition) is 35. The van der Waals surface area contributed by atoms with E-state index in [4.69, 9.17) is 60.8 Å². The van der Waals surface area contributed by atoms with Crippen LogP contribution in [0.15, 0.2) is 65.3 Å². The van der Waals surface area contributed by atoms with Crippen LogP contribution in [-0.2, 0) is 66.7 Å². The summed E-state index contributed by atoms with van der Waals surface area (Å²) >= 11 is 13.3. The molecule has 7 unspecified atom stereocenters. The number of halogens is 3. The third-order valence-electron chi connectivity index (χ3n) is 17.8. The fraction of sp³-hybridized carbons (Fsp3) is 0.566. The molecule has 0 aromatic carbocycles. The number of hydrogen-bond donors (Lipinski definition) is 6. The van der Waals surface area contributed by atoms with Gasteiger partial charge < -0.3 is 58.4 Å². The summed E-state index contributed by atoms with van der Waals surface area (Å²) in [6.45, 7) is 40.7. The number of nitrogens with one attached hydrogen (secondary N) is 4. The van der Waals surface area contributed by atoms with Crippen molar-refractivity contribution in [2.24, 2.45) is 11.8 Å². The summed E-state index contributed by atoms with van der Waals surface area (Å²) in [6, 6.07) is -0.867. The van der Waals surface area contributed by atoms with Crippen LogP contribution in [0, 0.1) is 22.9 Å². The monoisotopic (exact) mass is 2010 g/mol. The highest BCUT2D eigenvalue weighted by Crippen LogP contribution is 2.38. The van der Waals surface area contributed by atoms with Crippen molar-refractivity contribution < 1.29 is 97.1 Å². The molecule has 722 valence electrons. The molecule has 0 bridgehead atoms. The zero-order chi connectivity index (χ0) is 96.7. The first-order valence-corrected chi connectivity index (χ1v) is 48.6. The second-order valence-electron chi connectivity index (χ2n) is 33.6.